The van der Waals surface area contributed by atoms with Gasteiger partial charge in [0.1, 0.15) is 5.54 Å². The van der Waals surface area contributed by atoms with E-state index in [1.54, 1.807) is 0 Å². The number of piperazine rings is 1. The molecule has 1 unspecified atom stereocenters. The van der Waals surface area contributed by atoms with Crippen molar-refractivity contribution in [3.8, 4) is 0 Å². The van der Waals surface area contributed by atoms with Crippen molar-refractivity contribution in [2.45, 2.75) is 18.4 Å². The van der Waals surface area contributed by atoms with Crippen molar-refractivity contribution in [3.63, 3.8) is 0 Å². The van der Waals surface area contributed by atoms with Crippen molar-refractivity contribution in [3.05, 3.63) is 0 Å². The summed E-state index contributed by atoms with van der Waals surface area (Å²) < 4.78 is 24.3. The Hall–Kier alpha value is -0.700. The van der Waals surface area contributed by atoms with Gasteiger partial charge in [0.05, 0.1) is 6.26 Å². The predicted octanol–water partition coefficient (Wildman–Crippen LogP) is -1.84. The Morgan fingerprint density at radius 1 is 1.26 bits per heavy atom. The number of carbonyl (C=O) groups is 1. The van der Waals surface area contributed by atoms with Gasteiger partial charge in [-0.15, -0.1) is 0 Å². The molecule has 0 radical (unpaired) electrons. The largest absolute Gasteiger partial charge is 0.368 e. The second kappa shape index (κ2) is 5.01. The van der Waals surface area contributed by atoms with Crippen molar-refractivity contribution < 1.29 is 13.2 Å². The molecule has 7 nitrogen and oxygen atoms in total. The Morgan fingerprint density at radius 3 is 2.16 bits per heavy atom. The molecule has 2 rings (SSSR count). The maximum absolute atomic E-state index is 11.6. The van der Waals surface area contributed by atoms with Crippen molar-refractivity contribution in [2.75, 3.05) is 39.0 Å². The Bertz CT molecular complexity index is 455. The van der Waals surface area contributed by atoms with E-state index in [1.807, 2.05) is 4.90 Å². The van der Waals surface area contributed by atoms with E-state index in [0.717, 1.165) is 12.8 Å². The highest BCUT2D eigenvalue weighted by molar-refractivity contribution is 7.88. The minimum atomic E-state index is -3.13. The molecular weight excluding hydrogens is 268 g/mol. The fraction of sp³-hybridized carbons (Fsp3) is 0.909. The average Bonchev–Trinajstić information content (AvgIpc) is 3.12. The normalized spacial score (nSPS) is 26.0. The number of primary amides is 1. The van der Waals surface area contributed by atoms with E-state index in [2.05, 4.69) is 0 Å². The number of sulfonamides is 1. The van der Waals surface area contributed by atoms with Crippen LogP contribution in [0.15, 0.2) is 0 Å². The maximum Gasteiger partial charge on any atom is 0.239 e. The van der Waals surface area contributed by atoms with Crippen LogP contribution in [0.25, 0.3) is 0 Å². The number of hydrogen-bond acceptors (Lipinski definition) is 5. The van der Waals surface area contributed by atoms with Crippen molar-refractivity contribution in [1.29, 1.82) is 0 Å². The third-order valence-corrected chi connectivity index (χ3v) is 5.35. The van der Waals surface area contributed by atoms with Crippen LogP contribution in [0.1, 0.15) is 12.8 Å². The smallest absolute Gasteiger partial charge is 0.239 e. The Balaban J connectivity index is 1.93. The average molecular weight is 290 g/mol. The molecule has 1 heterocycles. The molecule has 2 aliphatic rings. The van der Waals surface area contributed by atoms with E-state index in [0.29, 0.717) is 32.7 Å². The second-order valence-electron chi connectivity index (χ2n) is 5.62. The highest BCUT2D eigenvalue weighted by Crippen LogP contribution is 2.38. The lowest BCUT2D eigenvalue weighted by atomic mass is 9.92. The summed E-state index contributed by atoms with van der Waals surface area (Å²) in [6.07, 6.45) is 3.11. The molecule has 1 atom stereocenters. The van der Waals surface area contributed by atoms with Gasteiger partial charge in [0.25, 0.3) is 0 Å². The summed E-state index contributed by atoms with van der Waals surface area (Å²) in [5.41, 5.74) is 10.6. The molecule has 0 bridgehead atoms. The zero-order chi connectivity index (χ0) is 14.3. The Morgan fingerprint density at radius 2 is 1.79 bits per heavy atom. The van der Waals surface area contributed by atoms with Crippen LogP contribution in [0.2, 0.25) is 0 Å². The SMILES string of the molecule is CS(=O)(=O)N1CCN(CC(N)(C(N)=O)C2CC2)CC1. The molecule has 0 aromatic carbocycles. The number of nitrogens with zero attached hydrogens (tertiary/aromatic N) is 2. The van der Waals surface area contributed by atoms with E-state index in [-0.39, 0.29) is 5.92 Å². The number of rotatable bonds is 5. The van der Waals surface area contributed by atoms with E-state index < -0.39 is 21.5 Å². The molecular formula is C11H22N4O3S. The lowest BCUT2D eigenvalue weighted by Gasteiger charge is -2.38. The van der Waals surface area contributed by atoms with Crippen LogP contribution in [-0.4, -0.2) is 68.0 Å². The third-order valence-electron chi connectivity index (χ3n) is 4.05. The minimum absolute atomic E-state index is 0.179. The minimum Gasteiger partial charge on any atom is -0.368 e. The molecule has 4 N–H and O–H groups in total. The van der Waals surface area contributed by atoms with E-state index in [1.165, 1.54) is 10.6 Å². The third kappa shape index (κ3) is 3.25. The first-order valence-corrected chi connectivity index (χ1v) is 8.34. The van der Waals surface area contributed by atoms with Crippen molar-refractivity contribution in [2.24, 2.45) is 17.4 Å². The second-order valence-corrected chi connectivity index (χ2v) is 7.60. The van der Waals surface area contributed by atoms with Gasteiger partial charge in [-0.25, -0.2) is 8.42 Å². The van der Waals surface area contributed by atoms with Crippen LogP contribution < -0.4 is 11.5 Å². The maximum atomic E-state index is 11.6. The van der Waals surface area contributed by atoms with Gasteiger partial charge in [0.2, 0.25) is 15.9 Å². The number of amides is 1. The summed E-state index contributed by atoms with van der Waals surface area (Å²) in [5.74, 6) is -0.279. The molecule has 1 saturated heterocycles. The van der Waals surface area contributed by atoms with Gasteiger partial charge in [-0.1, -0.05) is 0 Å². The van der Waals surface area contributed by atoms with E-state index >= 15 is 0 Å². The summed E-state index contributed by atoms with van der Waals surface area (Å²) in [7, 11) is -3.13. The first-order chi connectivity index (χ1) is 8.73. The quantitative estimate of drug-likeness (QED) is 0.618. The van der Waals surface area contributed by atoms with Gasteiger partial charge >= 0.3 is 0 Å². The molecule has 8 heteroatoms. The van der Waals surface area contributed by atoms with Crippen LogP contribution in [0.3, 0.4) is 0 Å². The van der Waals surface area contributed by atoms with Crippen LogP contribution in [-0.2, 0) is 14.8 Å². The molecule has 0 aromatic rings. The molecule has 0 aromatic heterocycles. The van der Waals surface area contributed by atoms with Crippen molar-refractivity contribution in [1.82, 2.24) is 9.21 Å². The molecule has 110 valence electrons. The van der Waals surface area contributed by atoms with Gasteiger partial charge < -0.3 is 11.5 Å². The van der Waals surface area contributed by atoms with E-state index in [4.69, 9.17) is 11.5 Å². The summed E-state index contributed by atoms with van der Waals surface area (Å²) in [5, 5.41) is 0. The molecule has 1 amide bonds. The highest BCUT2D eigenvalue weighted by Gasteiger charge is 2.48. The molecule has 2 fully saturated rings. The zero-order valence-electron chi connectivity index (χ0n) is 11.2. The van der Waals surface area contributed by atoms with Gasteiger partial charge in [0, 0.05) is 32.7 Å². The zero-order valence-corrected chi connectivity index (χ0v) is 12.0. The number of hydrogen-bond donors (Lipinski definition) is 2. The van der Waals surface area contributed by atoms with Crippen molar-refractivity contribution >= 4 is 15.9 Å². The number of carbonyl (C=O) groups excluding carboxylic acids is 1. The fourth-order valence-corrected chi connectivity index (χ4v) is 3.42. The van der Waals surface area contributed by atoms with Crippen LogP contribution in [0, 0.1) is 5.92 Å². The predicted molar refractivity (Wildman–Crippen MR) is 71.7 cm³/mol. The molecule has 1 saturated carbocycles. The van der Waals surface area contributed by atoms with Crippen LogP contribution in [0.5, 0.6) is 0 Å². The van der Waals surface area contributed by atoms with Gasteiger partial charge in [-0.3, -0.25) is 9.69 Å². The standard InChI is InChI=1S/C11H22N4O3S/c1-19(17,18)15-6-4-14(5-7-15)8-11(13,10(12)16)9-2-3-9/h9H,2-8,13H2,1H3,(H2,12,16). The molecule has 1 aliphatic heterocycles. The van der Waals surface area contributed by atoms with Gasteiger partial charge in [0.15, 0.2) is 0 Å². The highest BCUT2D eigenvalue weighted by atomic mass is 32.2. The topological polar surface area (TPSA) is 110 Å². The fourth-order valence-electron chi connectivity index (χ4n) is 2.60. The summed E-state index contributed by atoms with van der Waals surface area (Å²) in [6, 6.07) is 0. The lowest BCUT2D eigenvalue weighted by Crippen LogP contribution is -2.62. The van der Waals surface area contributed by atoms with E-state index in [9.17, 15) is 13.2 Å². The van der Waals surface area contributed by atoms with Gasteiger partial charge in [-0.2, -0.15) is 4.31 Å². The summed E-state index contributed by atoms with van der Waals surface area (Å²) in [4.78, 5) is 13.6. The first-order valence-electron chi connectivity index (χ1n) is 6.50. The Kier molecular flexibility index (Phi) is 3.87. The molecule has 19 heavy (non-hydrogen) atoms. The molecule has 0 spiro atoms. The van der Waals surface area contributed by atoms with Crippen LogP contribution >= 0.6 is 0 Å². The first kappa shape index (κ1) is 14.7. The van der Waals surface area contributed by atoms with Gasteiger partial charge in [-0.05, 0) is 18.8 Å². The molecule has 1 aliphatic carbocycles. The monoisotopic (exact) mass is 290 g/mol. The number of nitrogens with two attached hydrogens (primary N) is 2. The van der Waals surface area contributed by atoms with Crippen LogP contribution in [0.4, 0.5) is 0 Å². The summed E-state index contributed by atoms with van der Waals surface area (Å²) in [6.45, 7) is 2.49. The lowest BCUT2D eigenvalue weighted by molar-refractivity contribution is -0.124. The Labute approximate surface area is 113 Å². The summed E-state index contributed by atoms with van der Waals surface area (Å²) >= 11 is 0.